The van der Waals surface area contributed by atoms with Crippen LogP contribution in [0.4, 0.5) is 0 Å². The Bertz CT molecular complexity index is 641. The zero-order chi connectivity index (χ0) is 11.7. The highest BCUT2D eigenvalue weighted by Gasteiger charge is 2.06. The molecule has 17 heavy (non-hydrogen) atoms. The van der Waals surface area contributed by atoms with E-state index in [4.69, 9.17) is 0 Å². The molecule has 0 N–H and O–H groups in total. The summed E-state index contributed by atoms with van der Waals surface area (Å²) < 4.78 is 1.88. The van der Waals surface area contributed by atoms with Gasteiger partial charge in [-0.3, -0.25) is 0 Å². The molecule has 0 aliphatic rings. The van der Waals surface area contributed by atoms with E-state index in [1.165, 1.54) is 5.56 Å². The Balaban J connectivity index is 2.30. The molecule has 0 aliphatic heterocycles. The van der Waals surface area contributed by atoms with Crippen LogP contribution in [0.1, 0.15) is 12.6 Å². The highest BCUT2D eigenvalue weighted by molar-refractivity contribution is 5.63. The number of hydrogen-bond donors (Lipinski definition) is 0. The summed E-state index contributed by atoms with van der Waals surface area (Å²) in [6, 6.07) is 14.3. The fraction of sp³-hybridized carbons (Fsp3) is 0.143. The van der Waals surface area contributed by atoms with E-state index in [9.17, 15) is 0 Å². The molecule has 0 spiro atoms. The smallest absolute Gasteiger partial charge is 0.155 e. The first-order chi connectivity index (χ1) is 8.38. The Morgan fingerprint density at radius 1 is 1.12 bits per heavy atom. The van der Waals surface area contributed by atoms with Crippen molar-refractivity contribution in [3.63, 3.8) is 0 Å². The van der Waals surface area contributed by atoms with Gasteiger partial charge in [0.15, 0.2) is 5.65 Å². The van der Waals surface area contributed by atoms with E-state index in [0.29, 0.717) is 0 Å². The van der Waals surface area contributed by atoms with Crippen molar-refractivity contribution in [2.75, 3.05) is 0 Å². The second-order valence-corrected chi connectivity index (χ2v) is 3.95. The van der Waals surface area contributed by atoms with Crippen molar-refractivity contribution in [3.8, 4) is 11.3 Å². The molecule has 0 saturated heterocycles. The summed E-state index contributed by atoms with van der Waals surface area (Å²) in [6.45, 7) is 2.12. The van der Waals surface area contributed by atoms with E-state index in [-0.39, 0.29) is 0 Å². The van der Waals surface area contributed by atoms with Crippen molar-refractivity contribution in [1.29, 1.82) is 0 Å². The van der Waals surface area contributed by atoms with Gasteiger partial charge >= 0.3 is 0 Å². The number of aryl methyl sites for hydroxylation is 1. The zero-order valence-corrected chi connectivity index (χ0v) is 9.67. The summed E-state index contributed by atoms with van der Waals surface area (Å²) in [5.41, 5.74) is 4.26. The quantitative estimate of drug-likeness (QED) is 0.668. The average molecular weight is 223 g/mol. The minimum atomic E-state index is 0.906. The maximum Gasteiger partial charge on any atom is 0.155 e. The summed E-state index contributed by atoms with van der Waals surface area (Å²) in [5.74, 6) is 0. The van der Waals surface area contributed by atoms with Gasteiger partial charge in [0.1, 0.15) is 0 Å². The van der Waals surface area contributed by atoms with Gasteiger partial charge in [-0.1, -0.05) is 37.3 Å². The van der Waals surface area contributed by atoms with Gasteiger partial charge < -0.3 is 0 Å². The van der Waals surface area contributed by atoms with E-state index in [1.807, 2.05) is 28.8 Å². The molecule has 84 valence electrons. The van der Waals surface area contributed by atoms with E-state index in [0.717, 1.165) is 23.5 Å². The molecule has 0 radical (unpaired) electrons. The maximum atomic E-state index is 4.54. The summed E-state index contributed by atoms with van der Waals surface area (Å²) in [4.78, 5) is 4.54. The van der Waals surface area contributed by atoms with Crippen LogP contribution >= 0.6 is 0 Å². The third-order valence-electron chi connectivity index (χ3n) is 2.84. The Labute approximate surface area is 99.7 Å². The van der Waals surface area contributed by atoms with Gasteiger partial charge in [0.2, 0.25) is 0 Å². The lowest BCUT2D eigenvalue weighted by atomic mass is 10.1. The van der Waals surface area contributed by atoms with Crippen LogP contribution in [0, 0.1) is 0 Å². The van der Waals surface area contributed by atoms with Crippen LogP contribution in [0.25, 0.3) is 16.9 Å². The molecule has 0 bridgehead atoms. The van der Waals surface area contributed by atoms with Crippen molar-refractivity contribution in [1.82, 2.24) is 14.6 Å². The molecule has 0 unspecified atom stereocenters. The Morgan fingerprint density at radius 3 is 2.71 bits per heavy atom. The van der Waals surface area contributed by atoms with Gasteiger partial charge in [0.25, 0.3) is 0 Å². The number of hydrogen-bond acceptors (Lipinski definition) is 2. The molecule has 0 atom stereocenters. The van der Waals surface area contributed by atoms with Crippen LogP contribution in [0.3, 0.4) is 0 Å². The minimum Gasteiger partial charge on any atom is -0.234 e. The largest absolute Gasteiger partial charge is 0.234 e. The predicted octanol–water partition coefficient (Wildman–Crippen LogP) is 2.96. The average Bonchev–Trinajstić information content (AvgIpc) is 2.86. The highest BCUT2D eigenvalue weighted by atomic mass is 15.2. The molecule has 0 saturated carbocycles. The van der Waals surface area contributed by atoms with Crippen LogP contribution in [-0.2, 0) is 6.42 Å². The number of fused-ring (bicyclic) bond motifs is 1. The topological polar surface area (TPSA) is 30.2 Å². The Morgan fingerprint density at radius 2 is 1.94 bits per heavy atom. The second-order valence-electron chi connectivity index (χ2n) is 3.95. The van der Waals surface area contributed by atoms with Gasteiger partial charge in [0, 0.05) is 17.3 Å². The molecule has 3 aromatic rings. The van der Waals surface area contributed by atoms with Gasteiger partial charge in [-0.2, -0.15) is 5.10 Å². The number of rotatable bonds is 2. The number of aromatic nitrogens is 3. The predicted molar refractivity (Wildman–Crippen MR) is 67.8 cm³/mol. The van der Waals surface area contributed by atoms with Gasteiger partial charge in [0.05, 0.1) is 11.9 Å². The molecule has 1 aromatic carbocycles. The van der Waals surface area contributed by atoms with Crippen LogP contribution < -0.4 is 0 Å². The Hall–Kier alpha value is -2.16. The van der Waals surface area contributed by atoms with E-state index >= 15 is 0 Å². The SMILES string of the molecule is CCc1cc(-c2ccccc2)n2nccc2n1. The van der Waals surface area contributed by atoms with Gasteiger partial charge in [-0.25, -0.2) is 9.50 Å². The Kier molecular flexibility index (Phi) is 2.37. The normalized spacial score (nSPS) is 10.9. The standard InChI is InChI=1S/C14H13N3/c1-2-12-10-13(11-6-4-3-5-7-11)17-14(16-12)8-9-15-17/h3-10H,2H2,1H3. The first-order valence-electron chi connectivity index (χ1n) is 5.77. The van der Waals surface area contributed by atoms with Crippen LogP contribution in [0.15, 0.2) is 48.7 Å². The van der Waals surface area contributed by atoms with Crippen LogP contribution in [0.2, 0.25) is 0 Å². The molecule has 0 fully saturated rings. The monoisotopic (exact) mass is 223 g/mol. The van der Waals surface area contributed by atoms with E-state index < -0.39 is 0 Å². The van der Waals surface area contributed by atoms with Crippen molar-refractivity contribution < 1.29 is 0 Å². The van der Waals surface area contributed by atoms with E-state index in [1.54, 1.807) is 6.20 Å². The molecule has 0 amide bonds. The summed E-state index contributed by atoms with van der Waals surface area (Å²) >= 11 is 0. The van der Waals surface area contributed by atoms with Crippen molar-refractivity contribution in [2.45, 2.75) is 13.3 Å². The number of nitrogens with zero attached hydrogens (tertiary/aromatic N) is 3. The first kappa shape index (κ1) is 10.0. The highest BCUT2D eigenvalue weighted by Crippen LogP contribution is 2.20. The van der Waals surface area contributed by atoms with Gasteiger partial charge in [-0.15, -0.1) is 0 Å². The van der Waals surface area contributed by atoms with Gasteiger partial charge in [-0.05, 0) is 12.5 Å². The lowest BCUT2D eigenvalue weighted by molar-refractivity contribution is 0.920. The summed E-state index contributed by atoms with van der Waals surface area (Å²) in [6.07, 6.45) is 2.72. The molecular formula is C14H13N3. The fourth-order valence-corrected chi connectivity index (χ4v) is 1.96. The molecule has 3 rings (SSSR count). The third kappa shape index (κ3) is 1.69. The first-order valence-corrected chi connectivity index (χ1v) is 5.77. The van der Waals surface area contributed by atoms with Crippen LogP contribution in [-0.4, -0.2) is 14.6 Å². The molecule has 2 heterocycles. The second kappa shape index (κ2) is 4.01. The van der Waals surface area contributed by atoms with Crippen molar-refractivity contribution in [2.24, 2.45) is 0 Å². The fourth-order valence-electron chi connectivity index (χ4n) is 1.96. The molecule has 3 nitrogen and oxygen atoms in total. The number of benzene rings is 1. The lowest BCUT2D eigenvalue weighted by Crippen LogP contribution is -1.99. The summed E-state index contributed by atoms with van der Waals surface area (Å²) in [5, 5.41) is 4.32. The third-order valence-corrected chi connectivity index (χ3v) is 2.84. The molecule has 3 heteroatoms. The van der Waals surface area contributed by atoms with Crippen molar-refractivity contribution >= 4 is 5.65 Å². The minimum absolute atomic E-state index is 0.906. The molecular weight excluding hydrogens is 210 g/mol. The zero-order valence-electron chi connectivity index (χ0n) is 9.67. The van der Waals surface area contributed by atoms with Crippen LogP contribution in [0.5, 0.6) is 0 Å². The molecule has 0 aliphatic carbocycles. The molecule has 2 aromatic heterocycles. The van der Waals surface area contributed by atoms with Crippen molar-refractivity contribution in [3.05, 3.63) is 54.4 Å². The summed E-state index contributed by atoms with van der Waals surface area (Å²) in [7, 11) is 0. The lowest BCUT2D eigenvalue weighted by Gasteiger charge is -2.06. The maximum absolute atomic E-state index is 4.54. The van der Waals surface area contributed by atoms with E-state index in [2.05, 4.69) is 35.2 Å².